The maximum absolute atomic E-state index is 13.0. The zero-order valence-corrected chi connectivity index (χ0v) is 25.0. The summed E-state index contributed by atoms with van der Waals surface area (Å²) in [6.45, 7) is 5.58. The van der Waals surface area contributed by atoms with Crippen molar-refractivity contribution in [2.75, 3.05) is 44.6 Å². The molecule has 9 nitrogen and oxygen atoms in total. The first-order valence-corrected chi connectivity index (χ1v) is 15.6. The molecule has 2 aromatic rings. The van der Waals surface area contributed by atoms with Gasteiger partial charge in [0, 0.05) is 44.8 Å². The van der Waals surface area contributed by atoms with Gasteiger partial charge in [-0.25, -0.2) is 0 Å². The minimum atomic E-state index is -0.905. The number of hydrogen-bond donors (Lipinski definition) is 3. The van der Waals surface area contributed by atoms with Gasteiger partial charge in [-0.15, -0.1) is 11.8 Å². The number of amides is 2. The number of aliphatic hydroxyl groups is 1. The number of carbonyl (C=O) groups is 2. The summed E-state index contributed by atoms with van der Waals surface area (Å²) in [6.07, 6.45) is 3.27. The molecule has 2 aliphatic heterocycles. The van der Waals surface area contributed by atoms with Crippen molar-refractivity contribution >= 4 is 29.3 Å². The molecule has 10 heteroatoms. The van der Waals surface area contributed by atoms with Crippen LogP contribution in [-0.2, 0) is 21.6 Å². The molecule has 4 rings (SSSR count). The van der Waals surface area contributed by atoms with E-state index in [9.17, 15) is 20.0 Å². The lowest BCUT2D eigenvalue weighted by Gasteiger charge is -2.38. The van der Waals surface area contributed by atoms with E-state index in [1.165, 1.54) is 17.3 Å². The van der Waals surface area contributed by atoms with Gasteiger partial charge in [-0.05, 0) is 55.9 Å². The van der Waals surface area contributed by atoms with Crippen molar-refractivity contribution < 1.29 is 14.7 Å². The third kappa shape index (κ3) is 8.04. The van der Waals surface area contributed by atoms with Gasteiger partial charge in [0.1, 0.15) is 12.5 Å². The number of carbonyl (C=O) groups excluding carboxylic acids is 2. The highest BCUT2D eigenvalue weighted by atomic mass is 32.2. The van der Waals surface area contributed by atoms with Gasteiger partial charge in [0.15, 0.2) is 0 Å². The average molecular weight is 589 g/mol. The Morgan fingerprint density at radius 3 is 2.62 bits per heavy atom. The van der Waals surface area contributed by atoms with Crippen LogP contribution in [0.5, 0.6) is 0 Å². The van der Waals surface area contributed by atoms with E-state index >= 15 is 0 Å². The maximum atomic E-state index is 13.0. The second-order valence-electron chi connectivity index (χ2n) is 10.9. The highest BCUT2D eigenvalue weighted by molar-refractivity contribution is 8.01. The Morgan fingerprint density at radius 1 is 1.17 bits per heavy atom. The Hall–Kier alpha value is -3.57. The Morgan fingerprint density at radius 2 is 1.93 bits per heavy atom. The molecule has 2 amide bonds. The molecule has 2 aliphatic rings. The fourth-order valence-corrected chi connectivity index (χ4v) is 7.30. The van der Waals surface area contributed by atoms with Gasteiger partial charge in [0.05, 0.1) is 28.4 Å². The second-order valence-corrected chi connectivity index (χ2v) is 12.3. The van der Waals surface area contributed by atoms with Crippen LogP contribution in [0.3, 0.4) is 0 Å². The molecular weight excluding hydrogens is 548 g/mol. The molecule has 0 bridgehead atoms. The minimum absolute atomic E-state index is 0.0397. The first-order valence-electron chi connectivity index (χ1n) is 14.7. The van der Waals surface area contributed by atoms with Crippen LogP contribution < -0.4 is 10.6 Å². The van der Waals surface area contributed by atoms with E-state index < -0.39 is 17.4 Å². The zero-order chi connectivity index (χ0) is 30.0. The molecule has 0 saturated carbocycles. The summed E-state index contributed by atoms with van der Waals surface area (Å²) in [6, 6.07) is 22.2. The number of likely N-dealkylation sites (tertiary alicyclic amines) is 1. The van der Waals surface area contributed by atoms with Crippen LogP contribution in [0.4, 0.5) is 5.69 Å². The average Bonchev–Trinajstić information content (AvgIpc) is 3.32. The summed E-state index contributed by atoms with van der Waals surface area (Å²) in [5.41, 5.74) is 2.52. The van der Waals surface area contributed by atoms with E-state index in [-0.39, 0.29) is 29.5 Å². The predicted molar refractivity (Wildman–Crippen MR) is 164 cm³/mol. The number of thioether (sulfide) groups is 1. The number of nitriles is 2. The Bertz CT molecular complexity index is 1290. The summed E-state index contributed by atoms with van der Waals surface area (Å²) < 4.78 is 0. The number of benzene rings is 2. The molecule has 0 spiro atoms. The summed E-state index contributed by atoms with van der Waals surface area (Å²) in [5, 5.41) is 34.7. The van der Waals surface area contributed by atoms with Crippen molar-refractivity contribution in [3.8, 4) is 12.1 Å². The SMILES string of the molecule is CCN1C(=O)C(CCNc2cccc(CCN3CCC(O)(c4ccccc4)CC3)c2)SC1CC(C#N)C(=O)NCC#N. The van der Waals surface area contributed by atoms with Crippen LogP contribution in [0.2, 0.25) is 0 Å². The standard InChI is InChI=1S/C32H40N6O3S/c1-2-38-29(22-25(23-34)30(39)36-17-15-33)42-28(31(38)40)11-16-35-27-10-6-7-24(21-27)12-18-37-19-13-32(41,14-20-37)26-8-4-3-5-9-26/h3-10,21,25,28-29,35,41H,2,11-14,16-20,22H2,1H3,(H,36,39). The Balaban J connectivity index is 1.22. The number of rotatable bonds is 13. The van der Waals surface area contributed by atoms with E-state index in [0.717, 1.165) is 50.1 Å². The zero-order valence-electron chi connectivity index (χ0n) is 24.2. The number of nitrogens with zero attached hydrogens (tertiary/aromatic N) is 4. The largest absolute Gasteiger partial charge is 0.385 e. The molecule has 222 valence electrons. The first-order chi connectivity index (χ1) is 20.4. The molecule has 2 saturated heterocycles. The van der Waals surface area contributed by atoms with Gasteiger partial charge in [-0.2, -0.15) is 10.5 Å². The quantitative estimate of drug-likeness (QED) is 0.303. The molecule has 42 heavy (non-hydrogen) atoms. The lowest BCUT2D eigenvalue weighted by molar-refractivity contribution is -0.131. The predicted octanol–water partition coefficient (Wildman–Crippen LogP) is 3.47. The van der Waals surface area contributed by atoms with Gasteiger partial charge < -0.3 is 25.5 Å². The monoisotopic (exact) mass is 588 g/mol. The van der Waals surface area contributed by atoms with E-state index in [4.69, 9.17) is 5.26 Å². The normalized spacial score (nSPS) is 20.9. The lowest BCUT2D eigenvalue weighted by Crippen LogP contribution is -2.43. The number of nitrogens with one attached hydrogen (secondary N) is 2. The molecule has 3 N–H and O–H groups in total. The van der Waals surface area contributed by atoms with Crippen molar-refractivity contribution in [3.05, 3.63) is 65.7 Å². The second kappa shape index (κ2) is 15.1. The third-order valence-corrected chi connectivity index (χ3v) is 9.72. The third-order valence-electron chi connectivity index (χ3n) is 8.19. The molecule has 3 atom stereocenters. The summed E-state index contributed by atoms with van der Waals surface area (Å²) >= 11 is 1.51. The number of anilines is 1. The van der Waals surface area contributed by atoms with Crippen LogP contribution in [-0.4, -0.2) is 76.6 Å². The summed E-state index contributed by atoms with van der Waals surface area (Å²) in [5.74, 6) is -1.34. The molecule has 0 aromatic heterocycles. The molecule has 3 unspecified atom stereocenters. The van der Waals surface area contributed by atoms with Gasteiger partial charge in [0.2, 0.25) is 11.8 Å². The molecule has 2 aromatic carbocycles. The molecular formula is C32H40N6O3S. The Kier molecular flexibility index (Phi) is 11.2. The van der Waals surface area contributed by atoms with E-state index in [1.54, 1.807) is 4.90 Å². The van der Waals surface area contributed by atoms with Crippen molar-refractivity contribution in [1.29, 1.82) is 10.5 Å². The van der Waals surface area contributed by atoms with E-state index in [1.807, 2.05) is 61.5 Å². The molecule has 2 fully saturated rings. The van der Waals surface area contributed by atoms with Crippen molar-refractivity contribution in [1.82, 2.24) is 15.1 Å². The van der Waals surface area contributed by atoms with Gasteiger partial charge in [-0.1, -0.05) is 42.5 Å². The smallest absolute Gasteiger partial charge is 0.238 e. The fourth-order valence-electron chi connectivity index (χ4n) is 5.71. The topological polar surface area (TPSA) is 132 Å². The fraction of sp³-hybridized carbons (Fsp3) is 0.500. The van der Waals surface area contributed by atoms with Crippen LogP contribution in [0.25, 0.3) is 0 Å². The van der Waals surface area contributed by atoms with Crippen molar-refractivity contribution in [3.63, 3.8) is 0 Å². The van der Waals surface area contributed by atoms with Crippen LogP contribution in [0, 0.1) is 28.6 Å². The number of piperidine rings is 1. The number of hydrogen-bond acceptors (Lipinski definition) is 8. The molecule has 2 heterocycles. The van der Waals surface area contributed by atoms with Crippen LogP contribution >= 0.6 is 11.8 Å². The van der Waals surface area contributed by atoms with Gasteiger partial charge >= 0.3 is 0 Å². The van der Waals surface area contributed by atoms with Crippen LogP contribution in [0.1, 0.15) is 43.7 Å². The minimum Gasteiger partial charge on any atom is -0.385 e. The van der Waals surface area contributed by atoms with Crippen molar-refractivity contribution in [2.24, 2.45) is 5.92 Å². The van der Waals surface area contributed by atoms with E-state index in [0.29, 0.717) is 19.5 Å². The van der Waals surface area contributed by atoms with Crippen LogP contribution in [0.15, 0.2) is 54.6 Å². The van der Waals surface area contributed by atoms with Gasteiger partial charge in [0.25, 0.3) is 0 Å². The summed E-state index contributed by atoms with van der Waals surface area (Å²) in [4.78, 5) is 29.4. The highest BCUT2D eigenvalue weighted by Crippen LogP contribution is 2.37. The maximum Gasteiger partial charge on any atom is 0.238 e. The Labute approximate surface area is 252 Å². The molecule has 0 radical (unpaired) electrons. The lowest BCUT2D eigenvalue weighted by atomic mass is 9.84. The first kappa shape index (κ1) is 31.4. The molecule has 0 aliphatic carbocycles. The van der Waals surface area contributed by atoms with Crippen molar-refractivity contribution in [2.45, 2.75) is 55.3 Å². The highest BCUT2D eigenvalue weighted by Gasteiger charge is 2.41. The van der Waals surface area contributed by atoms with Gasteiger partial charge in [-0.3, -0.25) is 9.59 Å². The summed E-state index contributed by atoms with van der Waals surface area (Å²) in [7, 11) is 0. The van der Waals surface area contributed by atoms with E-state index in [2.05, 4.69) is 27.7 Å².